The molecule has 2 aliphatic rings. The Hall–Kier alpha value is -2.26. The van der Waals surface area contributed by atoms with Gasteiger partial charge in [-0.15, -0.1) is 0 Å². The molecular weight excluding hydrogens is 396 g/mol. The normalized spacial score (nSPS) is 32.1. The predicted octanol–water partition coefficient (Wildman–Crippen LogP) is 2.43. The van der Waals surface area contributed by atoms with Crippen molar-refractivity contribution in [3.05, 3.63) is 60.2 Å². The van der Waals surface area contributed by atoms with Gasteiger partial charge in [0.1, 0.15) is 11.9 Å². The first-order valence-electron chi connectivity index (χ1n) is 9.26. The summed E-state index contributed by atoms with van der Waals surface area (Å²) in [4.78, 5) is 12.3. The van der Waals surface area contributed by atoms with E-state index >= 15 is 0 Å². The van der Waals surface area contributed by atoms with Crippen LogP contribution in [0.4, 0.5) is 4.79 Å². The lowest BCUT2D eigenvalue weighted by molar-refractivity contribution is -0.208. The number of carbonyl (C=O) groups is 1. The zero-order valence-corrected chi connectivity index (χ0v) is 16.8. The molecule has 0 aliphatic carbocycles. The maximum absolute atomic E-state index is 13.3. The van der Waals surface area contributed by atoms with Crippen LogP contribution in [-0.4, -0.2) is 52.3 Å². The highest BCUT2D eigenvalue weighted by atomic mass is 32.2. The summed E-state index contributed by atoms with van der Waals surface area (Å²) >= 11 is -1.70. The number of hydrogen-bond acceptors (Lipinski definition) is 7. The van der Waals surface area contributed by atoms with Crippen LogP contribution in [0.2, 0.25) is 0 Å². The minimum Gasteiger partial charge on any atom is -0.609 e. The zero-order valence-electron chi connectivity index (χ0n) is 16.0. The van der Waals surface area contributed by atoms with Crippen LogP contribution in [0.1, 0.15) is 12.5 Å². The summed E-state index contributed by atoms with van der Waals surface area (Å²) in [6, 6.07) is 15.9. The van der Waals surface area contributed by atoms with Gasteiger partial charge in [0.2, 0.25) is 0 Å². The SMILES string of the molecule is COc1ccc(C[C@]2(O)[C@@H]3OC(=O)O[C@@H]3[C@H](C)O[C@H]2[S+]([O-])c2ccccc2)cc1. The average Bonchev–Trinajstić information content (AvgIpc) is 3.15. The summed E-state index contributed by atoms with van der Waals surface area (Å²) in [6.07, 6.45) is -3.17. The minimum absolute atomic E-state index is 0.0603. The summed E-state index contributed by atoms with van der Waals surface area (Å²) < 4.78 is 35.0. The van der Waals surface area contributed by atoms with Gasteiger partial charge >= 0.3 is 6.16 Å². The second-order valence-corrected chi connectivity index (χ2v) is 8.66. The topological polar surface area (TPSA) is 97.3 Å². The van der Waals surface area contributed by atoms with Gasteiger partial charge in [0.05, 0.1) is 7.11 Å². The van der Waals surface area contributed by atoms with Crippen LogP contribution in [0.25, 0.3) is 0 Å². The number of aliphatic hydroxyl groups is 1. The largest absolute Gasteiger partial charge is 0.609 e. The number of hydrogen-bond donors (Lipinski definition) is 1. The molecule has 2 fully saturated rings. The summed E-state index contributed by atoms with van der Waals surface area (Å²) in [5.74, 6) is 0.673. The van der Waals surface area contributed by atoms with Gasteiger partial charge in [-0.3, -0.25) is 0 Å². The molecule has 0 saturated carbocycles. The van der Waals surface area contributed by atoms with Crippen molar-refractivity contribution < 1.29 is 33.4 Å². The molecule has 154 valence electrons. The van der Waals surface area contributed by atoms with Gasteiger partial charge in [0.25, 0.3) is 5.44 Å². The maximum atomic E-state index is 13.3. The van der Waals surface area contributed by atoms with Crippen LogP contribution in [0.15, 0.2) is 59.5 Å². The molecule has 0 spiro atoms. The van der Waals surface area contributed by atoms with Crippen molar-refractivity contribution in [2.24, 2.45) is 0 Å². The van der Waals surface area contributed by atoms with Crippen LogP contribution in [0.3, 0.4) is 0 Å². The number of rotatable bonds is 5. The molecular formula is C21H22O7S. The Morgan fingerprint density at radius 1 is 1.14 bits per heavy atom. The first-order valence-corrected chi connectivity index (χ1v) is 10.5. The summed E-state index contributed by atoms with van der Waals surface area (Å²) in [5, 5.41) is 11.7. The lowest BCUT2D eigenvalue weighted by Crippen LogP contribution is -2.67. The molecule has 1 unspecified atom stereocenters. The van der Waals surface area contributed by atoms with Gasteiger partial charge in [-0.2, -0.15) is 0 Å². The van der Waals surface area contributed by atoms with Crippen molar-refractivity contribution in [2.75, 3.05) is 7.11 Å². The highest BCUT2D eigenvalue weighted by Crippen LogP contribution is 2.43. The fourth-order valence-electron chi connectivity index (χ4n) is 3.79. The third-order valence-corrected chi connectivity index (χ3v) is 6.92. The average molecular weight is 418 g/mol. The number of fused-ring (bicyclic) bond motifs is 1. The van der Waals surface area contributed by atoms with E-state index in [2.05, 4.69) is 0 Å². The van der Waals surface area contributed by atoms with Gasteiger partial charge in [-0.25, -0.2) is 4.79 Å². The summed E-state index contributed by atoms with van der Waals surface area (Å²) in [5.41, 5.74) is -2.11. The van der Waals surface area contributed by atoms with Crippen molar-refractivity contribution in [3.63, 3.8) is 0 Å². The predicted molar refractivity (Wildman–Crippen MR) is 104 cm³/mol. The third-order valence-electron chi connectivity index (χ3n) is 5.27. The van der Waals surface area contributed by atoms with Gasteiger partial charge in [0.15, 0.2) is 22.7 Å². The van der Waals surface area contributed by atoms with Crippen LogP contribution >= 0.6 is 0 Å². The molecule has 2 aliphatic heterocycles. The van der Waals surface area contributed by atoms with Gasteiger partial charge < -0.3 is 28.6 Å². The second kappa shape index (κ2) is 7.87. The van der Waals surface area contributed by atoms with Crippen LogP contribution in [-0.2, 0) is 31.8 Å². The molecule has 2 heterocycles. The molecule has 0 aromatic heterocycles. The van der Waals surface area contributed by atoms with Crippen molar-refractivity contribution in [2.45, 2.75) is 47.6 Å². The highest BCUT2D eigenvalue weighted by molar-refractivity contribution is 7.92. The van der Waals surface area contributed by atoms with E-state index in [0.29, 0.717) is 10.6 Å². The number of methoxy groups -OCH3 is 1. The summed E-state index contributed by atoms with van der Waals surface area (Å²) in [7, 11) is 1.57. The molecule has 2 aromatic carbocycles. The first kappa shape index (κ1) is 20.0. The summed E-state index contributed by atoms with van der Waals surface area (Å²) in [6.45, 7) is 1.71. The van der Waals surface area contributed by atoms with E-state index < -0.39 is 46.7 Å². The van der Waals surface area contributed by atoms with E-state index in [4.69, 9.17) is 18.9 Å². The number of benzene rings is 2. The quantitative estimate of drug-likeness (QED) is 0.588. The van der Waals surface area contributed by atoms with E-state index in [9.17, 15) is 14.5 Å². The Balaban J connectivity index is 1.71. The maximum Gasteiger partial charge on any atom is 0.509 e. The van der Waals surface area contributed by atoms with E-state index in [-0.39, 0.29) is 6.42 Å². The fraction of sp³-hybridized carbons (Fsp3) is 0.381. The van der Waals surface area contributed by atoms with E-state index in [0.717, 1.165) is 5.56 Å². The molecule has 2 saturated heterocycles. The van der Waals surface area contributed by atoms with E-state index in [1.807, 2.05) is 6.07 Å². The van der Waals surface area contributed by atoms with Crippen molar-refractivity contribution >= 4 is 17.3 Å². The Labute approximate surface area is 171 Å². The van der Waals surface area contributed by atoms with Crippen molar-refractivity contribution in [3.8, 4) is 5.75 Å². The van der Waals surface area contributed by atoms with Gasteiger partial charge in [0, 0.05) is 17.6 Å². The Morgan fingerprint density at radius 2 is 1.83 bits per heavy atom. The van der Waals surface area contributed by atoms with Crippen molar-refractivity contribution in [1.29, 1.82) is 0 Å². The minimum atomic E-state index is -1.75. The Kier molecular flexibility index (Phi) is 5.44. The highest BCUT2D eigenvalue weighted by Gasteiger charge is 2.65. The van der Waals surface area contributed by atoms with Gasteiger partial charge in [-0.1, -0.05) is 30.3 Å². The molecule has 8 heteroatoms. The van der Waals surface area contributed by atoms with Gasteiger partial charge in [-0.05, 0) is 36.8 Å². The molecule has 29 heavy (non-hydrogen) atoms. The molecule has 0 bridgehead atoms. The second-order valence-electron chi connectivity index (χ2n) is 7.17. The van der Waals surface area contributed by atoms with Crippen LogP contribution in [0.5, 0.6) is 5.75 Å². The Bertz CT molecular complexity index is 859. The van der Waals surface area contributed by atoms with Crippen LogP contribution in [0, 0.1) is 0 Å². The Morgan fingerprint density at radius 3 is 2.48 bits per heavy atom. The molecule has 4 rings (SSSR count). The number of ether oxygens (including phenoxy) is 4. The lowest BCUT2D eigenvalue weighted by Gasteiger charge is -2.45. The monoisotopic (exact) mass is 418 g/mol. The molecule has 0 radical (unpaired) electrons. The zero-order chi connectivity index (χ0) is 20.6. The van der Waals surface area contributed by atoms with Crippen LogP contribution < -0.4 is 4.74 Å². The third kappa shape index (κ3) is 3.69. The molecule has 7 nitrogen and oxygen atoms in total. The van der Waals surface area contributed by atoms with E-state index in [1.165, 1.54) is 0 Å². The molecule has 1 N–H and O–H groups in total. The smallest absolute Gasteiger partial charge is 0.509 e. The lowest BCUT2D eigenvalue weighted by atomic mass is 9.83. The fourth-order valence-corrected chi connectivity index (χ4v) is 5.33. The molecule has 6 atom stereocenters. The number of carbonyl (C=O) groups excluding carboxylic acids is 1. The van der Waals surface area contributed by atoms with E-state index in [1.54, 1.807) is 62.6 Å². The first-order chi connectivity index (χ1) is 13.9. The standard InChI is InChI=1S/C21H22O7S/c1-13-17-18(28-20(22)27-17)21(23,12-14-8-10-15(25-2)11-9-14)19(26-13)29(24)16-6-4-3-5-7-16/h3-11,13,17-19,23H,12H2,1-2H3/t13-,17+,18+,19-,21-,29?/m0/s1. The van der Waals surface area contributed by atoms with Crippen molar-refractivity contribution in [1.82, 2.24) is 0 Å². The molecule has 0 amide bonds. The molecule has 2 aromatic rings.